The molecule has 0 radical (unpaired) electrons. The van der Waals surface area contributed by atoms with Crippen molar-refractivity contribution in [2.45, 2.75) is 18.6 Å². The first kappa shape index (κ1) is 25.0. The van der Waals surface area contributed by atoms with E-state index in [2.05, 4.69) is 10.3 Å². The van der Waals surface area contributed by atoms with Crippen molar-refractivity contribution < 1.29 is 37.0 Å². The van der Waals surface area contributed by atoms with Gasteiger partial charge in [-0.25, -0.2) is 9.37 Å². The van der Waals surface area contributed by atoms with E-state index in [0.29, 0.717) is 17.7 Å². The van der Waals surface area contributed by atoms with Crippen LogP contribution in [0.2, 0.25) is 5.02 Å². The zero-order valence-corrected chi connectivity index (χ0v) is 18.2. The average Bonchev–Trinajstić information content (AvgIpc) is 2.77. The highest BCUT2D eigenvalue weighted by atomic mass is 35.5. The average molecular weight is 497 g/mol. The Morgan fingerprint density at radius 3 is 2.44 bits per heavy atom. The number of carbonyl (C=O) groups is 2. The lowest BCUT2D eigenvalue weighted by Crippen LogP contribution is -2.31. The minimum Gasteiger partial charge on any atom is -0.494 e. The van der Waals surface area contributed by atoms with Gasteiger partial charge in [0.15, 0.2) is 0 Å². The zero-order chi connectivity index (χ0) is 25.0. The summed E-state index contributed by atoms with van der Waals surface area (Å²) in [5.41, 5.74) is -1.57. The number of aliphatic carboxylic acids is 1. The van der Waals surface area contributed by atoms with E-state index in [0.717, 1.165) is 6.07 Å². The summed E-state index contributed by atoms with van der Waals surface area (Å²) in [5.74, 6) is -3.19. The molecule has 0 spiro atoms. The molecule has 1 amide bonds. The Balaban J connectivity index is 1.98. The van der Waals surface area contributed by atoms with Gasteiger partial charge in [0.25, 0.3) is 5.91 Å². The van der Waals surface area contributed by atoms with Crippen LogP contribution in [0.25, 0.3) is 11.3 Å². The number of hydrogen-bond donors (Lipinski definition) is 2. The maximum atomic E-state index is 14.6. The number of nitrogens with zero attached hydrogens (tertiary/aromatic N) is 1. The molecular formula is C23H17ClF4N2O4. The molecule has 0 saturated carbocycles. The van der Waals surface area contributed by atoms with Crippen LogP contribution in [-0.2, 0) is 11.0 Å². The third kappa shape index (κ3) is 5.63. The quantitative estimate of drug-likeness (QED) is 0.421. The number of aromatic nitrogens is 1. The van der Waals surface area contributed by atoms with Crippen molar-refractivity contribution in [3.05, 3.63) is 82.3 Å². The van der Waals surface area contributed by atoms with E-state index in [9.17, 15) is 32.3 Å². The summed E-state index contributed by atoms with van der Waals surface area (Å²) in [5, 5.41) is 12.0. The number of ether oxygens (including phenoxy) is 1. The third-order valence-electron chi connectivity index (χ3n) is 4.83. The van der Waals surface area contributed by atoms with Crippen molar-refractivity contribution in [2.75, 3.05) is 7.11 Å². The SMILES string of the molecule is COc1ccc(C(=O)NC(CC(=O)O)c2ccccc2Cl)nc1-c1ccc(C(F)(F)F)cc1F. The lowest BCUT2D eigenvalue weighted by molar-refractivity contribution is -0.138. The number of carboxylic acids is 1. The van der Waals surface area contributed by atoms with Gasteiger partial charge in [-0.05, 0) is 42.0 Å². The molecule has 3 aromatic rings. The molecule has 0 aliphatic rings. The molecule has 11 heteroatoms. The van der Waals surface area contributed by atoms with Crippen molar-refractivity contribution in [3.63, 3.8) is 0 Å². The summed E-state index contributed by atoms with van der Waals surface area (Å²) in [7, 11) is 1.25. The largest absolute Gasteiger partial charge is 0.494 e. The number of methoxy groups -OCH3 is 1. The van der Waals surface area contributed by atoms with E-state index in [1.165, 1.54) is 25.3 Å². The van der Waals surface area contributed by atoms with Gasteiger partial charge >= 0.3 is 12.1 Å². The van der Waals surface area contributed by atoms with Gasteiger partial charge in [-0.1, -0.05) is 29.8 Å². The topological polar surface area (TPSA) is 88.5 Å². The van der Waals surface area contributed by atoms with E-state index in [1.807, 2.05) is 0 Å². The highest BCUT2D eigenvalue weighted by Crippen LogP contribution is 2.35. The first-order valence-electron chi connectivity index (χ1n) is 9.70. The van der Waals surface area contributed by atoms with E-state index >= 15 is 0 Å². The standard InChI is InChI=1S/C23H17ClF4N2O4/c1-34-19-9-8-17(29-21(19)14-7-6-12(10-16(14)25)23(26,27)28)22(33)30-18(11-20(31)32)13-4-2-3-5-15(13)24/h2-10,18H,11H2,1H3,(H,30,33)(H,31,32). The Bertz CT molecular complexity index is 1230. The predicted octanol–water partition coefficient (Wildman–Crippen LogP) is 5.51. The van der Waals surface area contributed by atoms with E-state index in [4.69, 9.17) is 16.3 Å². The van der Waals surface area contributed by atoms with Crippen LogP contribution in [0.3, 0.4) is 0 Å². The van der Waals surface area contributed by atoms with Gasteiger partial charge in [0, 0.05) is 10.6 Å². The lowest BCUT2D eigenvalue weighted by atomic mass is 10.0. The van der Waals surface area contributed by atoms with Gasteiger partial charge < -0.3 is 15.2 Å². The molecule has 6 nitrogen and oxygen atoms in total. The molecule has 2 N–H and O–H groups in total. The number of halogens is 5. The van der Waals surface area contributed by atoms with Gasteiger partial charge in [-0.15, -0.1) is 0 Å². The van der Waals surface area contributed by atoms with Gasteiger partial charge in [0.1, 0.15) is 23.0 Å². The van der Waals surface area contributed by atoms with E-state index in [1.54, 1.807) is 18.2 Å². The summed E-state index contributed by atoms with van der Waals surface area (Å²) >= 11 is 6.14. The minimum absolute atomic E-state index is 0.0170. The summed E-state index contributed by atoms with van der Waals surface area (Å²) in [6.07, 6.45) is -5.22. The van der Waals surface area contributed by atoms with Crippen molar-refractivity contribution in [3.8, 4) is 17.0 Å². The Hall–Kier alpha value is -3.66. The van der Waals surface area contributed by atoms with Crippen molar-refractivity contribution >= 4 is 23.5 Å². The molecule has 1 heterocycles. The molecule has 3 rings (SSSR count). The number of carbonyl (C=O) groups excluding carboxylic acids is 1. The fourth-order valence-corrected chi connectivity index (χ4v) is 3.48. The highest BCUT2D eigenvalue weighted by molar-refractivity contribution is 6.31. The van der Waals surface area contributed by atoms with Crippen molar-refractivity contribution in [2.24, 2.45) is 0 Å². The molecular weight excluding hydrogens is 480 g/mol. The number of pyridine rings is 1. The molecule has 1 unspecified atom stereocenters. The smallest absolute Gasteiger partial charge is 0.416 e. The zero-order valence-electron chi connectivity index (χ0n) is 17.5. The first-order valence-corrected chi connectivity index (χ1v) is 10.1. The normalized spacial score (nSPS) is 12.2. The number of rotatable bonds is 7. The maximum absolute atomic E-state index is 14.6. The molecule has 0 saturated heterocycles. The van der Waals surface area contributed by atoms with E-state index < -0.39 is 41.9 Å². The van der Waals surface area contributed by atoms with Crippen LogP contribution in [0.4, 0.5) is 17.6 Å². The molecule has 0 fully saturated rings. The number of alkyl halides is 3. The number of nitrogens with one attached hydrogen (secondary N) is 1. The number of carboxylic acid groups (broad SMARTS) is 1. The summed E-state index contributed by atoms with van der Waals surface area (Å²) in [6, 6.07) is 9.81. The molecule has 34 heavy (non-hydrogen) atoms. The maximum Gasteiger partial charge on any atom is 0.416 e. The number of amides is 1. The van der Waals surface area contributed by atoms with Crippen LogP contribution in [0.1, 0.15) is 34.1 Å². The molecule has 2 aromatic carbocycles. The van der Waals surface area contributed by atoms with Crippen LogP contribution in [0.5, 0.6) is 5.75 Å². The molecule has 0 aliphatic carbocycles. The fourth-order valence-electron chi connectivity index (χ4n) is 3.22. The van der Waals surface area contributed by atoms with Crippen LogP contribution < -0.4 is 10.1 Å². The molecule has 0 aliphatic heterocycles. The highest BCUT2D eigenvalue weighted by Gasteiger charge is 2.32. The monoisotopic (exact) mass is 496 g/mol. The summed E-state index contributed by atoms with van der Waals surface area (Å²) < 4.78 is 58.3. The second kappa shape index (κ2) is 10.1. The van der Waals surface area contributed by atoms with Gasteiger partial charge in [-0.2, -0.15) is 13.2 Å². The Morgan fingerprint density at radius 2 is 1.85 bits per heavy atom. The van der Waals surface area contributed by atoms with Crippen LogP contribution >= 0.6 is 11.6 Å². The second-order valence-corrected chi connectivity index (χ2v) is 7.49. The lowest BCUT2D eigenvalue weighted by Gasteiger charge is -2.19. The predicted molar refractivity (Wildman–Crippen MR) is 115 cm³/mol. The first-order chi connectivity index (χ1) is 16.0. The van der Waals surface area contributed by atoms with Crippen molar-refractivity contribution in [1.82, 2.24) is 10.3 Å². The summed E-state index contributed by atoms with van der Waals surface area (Å²) in [4.78, 5) is 28.3. The molecule has 1 aromatic heterocycles. The van der Waals surface area contributed by atoms with Crippen LogP contribution in [0, 0.1) is 5.82 Å². The van der Waals surface area contributed by atoms with Crippen molar-refractivity contribution in [1.29, 1.82) is 0 Å². The minimum atomic E-state index is -4.74. The van der Waals surface area contributed by atoms with E-state index in [-0.39, 0.29) is 27.7 Å². The Morgan fingerprint density at radius 1 is 1.15 bits per heavy atom. The van der Waals surface area contributed by atoms with Crippen LogP contribution in [-0.4, -0.2) is 29.1 Å². The molecule has 0 bridgehead atoms. The summed E-state index contributed by atoms with van der Waals surface area (Å²) in [6.45, 7) is 0. The Labute approximate surface area is 196 Å². The van der Waals surface area contributed by atoms with Gasteiger partial charge in [-0.3, -0.25) is 9.59 Å². The molecule has 1 atom stereocenters. The number of hydrogen-bond acceptors (Lipinski definition) is 4. The third-order valence-corrected chi connectivity index (χ3v) is 5.17. The van der Waals surface area contributed by atoms with Gasteiger partial charge in [0.05, 0.1) is 25.1 Å². The molecule has 178 valence electrons. The Kier molecular flexibility index (Phi) is 7.41. The fraction of sp³-hybridized carbons (Fsp3) is 0.174. The number of benzene rings is 2. The van der Waals surface area contributed by atoms with Gasteiger partial charge in [0.2, 0.25) is 0 Å². The second-order valence-electron chi connectivity index (χ2n) is 7.09. The van der Waals surface area contributed by atoms with Crippen LogP contribution in [0.15, 0.2) is 54.6 Å².